The fourth-order valence-corrected chi connectivity index (χ4v) is 4.20. The second-order valence-electron chi connectivity index (χ2n) is 8.93. The van der Waals surface area contributed by atoms with Gasteiger partial charge in [-0.15, -0.1) is 0 Å². The Balaban J connectivity index is 1.43. The van der Waals surface area contributed by atoms with Gasteiger partial charge in [0.2, 0.25) is 5.91 Å². The maximum Gasteiger partial charge on any atom is 0.252 e. The SMILES string of the molecule is CCCC(=O)Nc1cccc(CNC(=O)c2cc(C3CC3)nc3c2c(C)nn3-c2ccccn2)c1. The number of hydrogen-bond donors (Lipinski definition) is 2. The molecule has 1 fully saturated rings. The fourth-order valence-electron chi connectivity index (χ4n) is 4.20. The van der Waals surface area contributed by atoms with Crippen molar-refractivity contribution >= 4 is 28.5 Å². The van der Waals surface area contributed by atoms with Crippen molar-refractivity contribution in [1.29, 1.82) is 0 Å². The number of pyridine rings is 2. The van der Waals surface area contributed by atoms with Gasteiger partial charge in [0, 0.05) is 36.5 Å². The van der Waals surface area contributed by atoms with E-state index >= 15 is 0 Å². The van der Waals surface area contributed by atoms with E-state index in [1.807, 2.05) is 62.4 Å². The lowest BCUT2D eigenvalue weighted by atomic mass is 10.1. The summed E-state index contributed by atoms with van der Waals surface area (Å²) < 4.78 is 1.72. The third-order valence-electron chi connectivity index (χ3n) is 6.08. The van der Waals surface area contributed by atoms with E-state index in [-0.39, 0.29) is 11.8 Å². The molecular weight excluding hydrogens is 440 g/mol. The topological polar surface area (TPSA) is 102 Å². The highest BCUT2D eigenvalue weighted by Crippen LogP contribution is 2.40. The highest BCUT2D eigenvalue weighted by molar-refractivity contribution is 6.06. The summed E-state index contributed by atoms with van der Waals surface area (Å²) in [5.74, 6) is 0.852. The molecule has 0 saturated heterocycles. The van der Waals surface area contributed by atoms with Gasteiger partial charge < -0.3 is 10.6 Å². The van der Waals surface area contributed by atoms with Crippen LogP contribution in [0, 0.1) is 6.92 Å². The van der Waals surface area contributed by atoms with Crippen molar-refractivity contribution in [3.05, 3.63) is 77.2 Å². The van der Waals surface area contributed by atoms with Gasteiger partial charge >= 0.3 is 0 Å². The third-order valence-corrected chi connectivity index (χ3v) is 6.08. The van der Waals surface area contributed by atoms with Crippen molar-refractivity contribution < 1.29 is 9.59 Å². The first-order valence-corrected chi connectivity index (χ1v) is 12.0. The first-order valence-electron chi connectivity index (χ1n) is 12.0. The minimum Gasteiger partial charge on any atom is -0.348 e. The number of fused-ring (bicyclic) bond motifs is 1. The Morgan fingerprint density at radius 3 is 2.71 bits per heavy atom. The molecule has 8 heteroatoms. The van der Waals surface area contributed by atoms with E-state index < -0.39 is 0 Å². The molecule has 3 aromatic heterocycles. The molecule has 178 valence electrons. The number of carbonyl (C=O) groups is 2. The second kappa shape index (κ2) is 9.66. The largest absolute Gasteiger partial charge is 0.348 e. The molecule has 1 aliphatic carbocycles. The molecule has 5 rings (SSSR count). The molecule has 4 aromatic rings. The highest BCUT2D eigenvalue weighted by Gasteiger charge is 2.29. The minimum atomic E-state index is -0.177. The molecule has 8 nitrogen and oxygen atoms in total. The maximum absolute atomic E-state index is 13.4. The van der Waals surface area contributed by atoms with Gasteiger partial charge in [0.05, 0.1) is 16.6 Å². The predicted molar refractivity (Wildman–Crippen MR) is 135 cm³/mol. The number of hydrogen-bond acceptors (Lipinski definition) is 5. The van der Waals surface area contributed by atoms with Crippen LogP contribution < -0.4 is 10.6 Å². The first-order chi connectivity index (χ1) is 17.0. The van der Waals surface area contributed by atoms with Crippen LogP contribution in [0.4, 0.5) is 5.69 Å². The van der Waals surface area contributed by atoms with Crippen molar-refractivity contribution in [1.82, 2.24) is 25.1 Å². The van der Waals surface area contributed by atoms with Gasteiger partial charge in [0.1, 0.15) is 0 Å². The molecule has 0 radical (unpaired) electrons. The molecule has 35 heavy (non-hydrogen) atoms. The summed E-state index contributed by atoms with van der Waals surface area (Å²) in [5, 5.41) is 11.3. The molecule has 1 aliphatic rings. The summed E-state index contributed by atoms with van der Waals surface area (Å²) in [4.78, 5) is 34.7. The summed E-state index contributed by atoms with van der Waals surface area (Å²) in [7, 11) is 0. The lowest BCUT2D eigenvalue weighted by Crippen LogP contribution is -2.23. The van der Waals surface area contributed by atoms with E-state index in [1.54, 1.807) is 10.9 Å². The van der Waals surface area contributed by atoms with Crippen molar-refractivity contribution in [3.63, 3.8) is 0 Å². The molecule has 0 bridgehead atoms. The van der Waals surface area contributed by atoms with Gasteiger partial charge in [0.25, 0.3) is 5.91 Å². The molecule has 0 spiro atoms. The summed E-state index contributed by atoms with van der Waals surface area (Å²) in [6.07, 6.45) is 5.14. The zero-order valence-corrected chi connectivity index (χ0v) is 19.9. The zero-order valence-electron chi connectivity index (χ0n) is 19.9. The molecule has 2 N–H and O–H groups in total. The number of aryl methyl sites for hydroxylation is 1. The molecule has 0 aliphatic heterocycles. The van der Waals surface area contributed by atoms with Crippen LogP contribution in [-0.4, -0.2) is 31.6 Å². The van der Waals surface area contributed by atoms with Crippen molar-refractivity contribution in [2.24, 2.45) is 0 Å². The first kappa shape index (κ1) is 22.7. The van der Waals surface area contributed by atoms with Crippen molar-refractivity contribution in [3.8, 4) is 5.82 Å². The van der Waals surface area contributed by atoms with E-state index in [4.69, 9.17) is 4.98 Å². The lowest BCUT2D eigenvalue weighted by molar-refractivity contribution is -0.116. The standard InChI is InChI=1S/C27H28N6O2/c1-3-7-24(34)30-20-9-6-8-18(14-20)16-29-27(35)21-15-22(19-11-12-19)31-26-25(21)17(2)32-33(26)23-10-4-5-13-28-23/h4-6,8-10,13-15,19H,3,7,11-12,16H2,1-2H3,(H,29,35)(H,30,34). The Labute approximate surface area is 203 Å². The average Bonchev–Trinajstić information content (AvgIpc) is 3.66. The molecule has 2 amide bonds. The molecule has 1 aromatic carbocycles. The molecule has 0 atom stereocenters. The smallest absolute Gasteiger partial charge is 0.252 e. The molecule has 0 unspecified atom stereocenters. The van der Waals surface area contributed by atoms with E-state index in [0.29, 0.717) is 35.9 Å². The Kier molecular flexibility index (Phi) is 6.27. The Hall–Kier alpha value is -4.07. The van der Waals surface area contributed by atoms with Crippen LogP contribution in [0.3, 0.4) is 0 Å². The summed E-state index contributed by atoms with van der Waals surface area (Å²) in [5.41, 5.74) is 4.50. The number of aromatic nitrogens is 4. The van der Waals surface area contributed by atoms with E-state index in [2.05, 4.69) is 20.7 Å². The zero-order chi connectivity index (χ0) is 24.4. The fraction of sp³-hybridized carbons (Fsp3) is 0.296. The molecular formula is C27H28N6O2. The predicted octanol–water partition coefficient (Wildman–Crippen LogP) is 4.67. The van der Waals surface area contributed by atoms with Crippen LogP contribution >= 0.6 is 0 Å². The summed E-state index contributed by atoms with van der Waals surface area (Å²) in [6.45, 7) is 4.20. The quantitative estimate of drug-likeness (QED) is 0.391. The van der Waals surface area contributed by atoms with E-state index in [0.717, 1.165) is 47.3 Å². The lowest BCUT2D eigenvalue weighted by Gasteiger charge is -2.11. The summed E-state index contributed by atoms with van der Waals surface area (Å²) in [6, 6.07) is 15.1. The van der Waals surface area contributed by atoms with Crippen molar-refractivity contribution in [2.45, 2.75) is 52.0 Å². The van der Waals surface area contributed by atoms with Crippen LogP contribution in [-0.2, 0) is 11.3 Å². The number of nitrogens with zero attached hydrogens (tertiary/aromatic N) is 4. The van der Waals surface area contributed by atoms with E-state index in [1.165, 1.54) is 0 Å². The van der Waals surface area contributed by atoms with Crippen LogP contribution in [0.25, 0.3) is 16.9 Å². The number of rotatable bonds is 8. The number of anilines is 1. The number of amides is 2. The van der Waals surface area contributed by atoms with Crippen molar-refractivity contribution in [2.75, 3.05) is 5.32 Å². The molecule has 1 saturated carbocycles. The molecule has 3 heterocycles. The highest BCUT2D eigenvalue weighted by atomic mass is 16.2. The minimum absolute atomic E-state index is 0.0131. The average molecular weight is 469 g/mol. The van der Waals surface area contributed by atoms with Crippen LogP contribution in [0.15, 0.2) is 54.7 Å². The Morgan fingerprint density at radius 1 is 1.11 bits per heavy atom. The van der Waals surface area contributed by atoms with Gasteiger partial charge in [-0.3, -0.25) is 9.59 Å². The summed E-state index contributed by atoms with van der Waals surface area (Å²) >= 11 is 0. The number of benzene rings is 1. The van der Waals surface area contributed by atoms with Gasteiger partial charge in [-0.2, -0.15) is 9.78 Å². The number of carbonyl (C=O) groups excluding carboxylic acids is 2. The Morgan fingerprint density at radius 2 is 1.97 bits per heavy atom. The van der Waals surface area contributed by atoms with Gasteiger partial charge in [-0.1, -0.05) is 25.1 Å². The Bertz CT molecular complexity index is 1390. The van der Waals surface area contributed by atoms with Gasteiger partial charge in [0.15, 0.2) is 11.5 Å². The number of nitrogens with one attached hydrogen (secondary N) is 2. The second-order valence-corrected chi connectivity index (χ2v) is 8.93. The van der Waals surface area contributed by atoms with Crippen LogP contribution in [0.1, 0.15) is 65.8 Å². The van der Waals surface area contributed by atoms with Crippen LogP contribution in [0.5, 0.6) is 0 Å². The van der Waals surface area contributed by atoms with Gasteiger partial charge in [-0.05, 0) is 62.1 Å². The van der Waals surface area contributed by atoms with Gasteiger partial charge in [-0.25, -0.2) is 9.97 Å². The maximum atomic E-state index is 13.4. The van der Waals surface area contributed by atoms with E-state index in [9.17, 15) is 9.59 Å². The normalized spacial score (nSPS) is 13.1. The third kappa shape index (κ3) is 4.91. The van der Waals surface area contributed by atoms with Crippen LogP contribution in [0.2, 0.25) is 0 Å². The monoisotopic (exact) mass is 468 g/mol.